The van der Waals surface area contributed by atoms with Crippen LogP contribution in [-0.4, -0.2) is 22.0 Å². The molecule has 0 spiro atoms. The Bertz CT molecular complexity index is 507. The van der Waals surface area contributed by atoms with Gasteiger partial charge in [0.1, 0.15) is 0 Å². The minimum absolute atomic E-state index is 0.126. The summed E-state index contributed by atoms with van der Waals surface area (Å²) in [6, 6.07) is 7.06. The van der Waals surface area contributed by atoms with Crippen molar-refractivity contribution in [1.82, 2.24) is 14.9 Å². The minimum atomic E-state index is -0.126. The van der Waals surface area contributed by atoms with Crippen LogP contribution in [0.15, 0.2) is 43.0 Å². The Morgan fingerprint density at radius 1 is 1.39 bits per heavy atom. The summed E-state index contributed by atoms with van der Waals surface area (Å²) in [5.41, 5.74) is 6.76. The zero-order valence-electron chi connectivity index (χ0n) is 10.0. The van der Waals surface area contributed by atoms with Gasteiger partial charge in [-0.2, -0.15) is 0 Å². The normalized spacial score (nSPS) is 10.2. The molecule has 2 rings (SSSR count). The van der Waals surface area contributed by atoms with Crippen LogP contribution in [0.1, 0.15) is 16.8 Å². The lowest BCUT2D eigenvalue weighted by atomic mass is 10.1. The van der Waals surface area contributed by atoms with Gasteiger partial charge in [0.25, 0.3) is 5.91 Å². The highest BCUT2D eigenvalue weighted by atomic mass is 16.1. The summed E-state index contributed by atoms with van der Waals surface area (Å²) in [7, 11) is 0. The summed E-state index contributed by atoms with van der Waals surface area (Å²) in [5.74, 6) is -0.126. The third-order valence-electron chi connectivity index (χ3n) is 2.64. The molecule has 2 aromatic rings. The van der Waals surface area contributed by atoms with E-state index in [1.54, 1.807) is 30.7 Å². The van der Waals surface area contributed by atoms with E-state index in [0.29, 0.717) is 17.8 Å². The number of hydrogen-bond acceptors (Lipinski definition) is 3. The molecule has 1 heterocycles. The van der Waals surface area contributed by atoms with Gasteiger partial charge < -0.3 is 15.6 Å². The van der Waals surface area contributed by atoms with E-state index in [0.717, 1.165) is 13.0 Å². The molecule has 5 nitrogen and oxygen atoms in total. The number of para-hydroxylation sites is 1. The predicted molar refractivity (Wildman–Crippen MR) is 70.0 cm³/mol. The summed E-state index contributed by atoms with van der Waals surface area (Å²) in [6.45, 7) is 1.45. The van der Waals surface area contributed by atoms with Crippen LogP contribution < -0.4 is 11.1 Å². The molecule has 0 bridgehead atoms. The highest BCUT2D eigenvalue weighted by molar-refractivity contribution is 5.98. The molecule has 3 N–H and O–H groups in total. The molecule has 0 aliphatic rings. The summed E-state index contributed by atoms with van der Waals surface area (Å²) in [5, 5.41) is 2.85. The molecular formula is C13H16N4O. The zero-order chi connectivity index (χ0) is 12.8. The third kappa shape index (κ3) is 3.10. The molecule has 0 aliphatic carbocycles. The molecule has 0 saturated carbocycles. The maximum Gasteiger partial charge on any atom is 0.253 e. The predicted octanol–water partition coefficient (Wildman–Crippen LogP) is 1.29. The number of nitrogens with zero attached hydrogens (tertiary/aromatic N) is 2. The number of amides is 1. The number of carbonyl (C=O) groups excluding carboxylic acids is 1. The topological polar surface area (TPSA) is 72.9 Å². The molecule has 5 heteroatoms. The van der Waals surface area contributed by atoms with Gasteiger partial charge in [0.15, 0.2) is 0 Å². The minimum Gasteiger partial charge on any atom is -0.398 e. The Morgan fingerprint density at radius 3 is 2.94 bits per heavy atom. The van der Waals surface area contributed by atoms with Gasteiger partial charge in [0, 0.05) is 31.2 Å². The number of aromatic nitrogens is 2. The van der Waals surface area contributed by atoms with Gasteiger partial charge in [-0.1, -0.05) is 12.1 Å². The maximum atomic E-state index is 11.8. The quantitative estimate of drug-likeness (QED) is 0.614. The number of anilines is 1. The molecule has 18 heavy (non-hydrogen) atoms. The Balaban J connectivity index is 1.77. The molecule has 94 valence electrons. The van der Waals surface area contributed by atoms with Crippen molar-refractivity contribution in [3.05, 3.63) is 48.5 Å². The summed E-state index contributed by atoms with van der Waals surface area (Å²) in [6.07, 6.45) is 6.26. The van der Waals surface area contributed by atoms with E-state index < -0.39 is 0 Å². The van der Waals surface area contributed by atoms with Gasteiger partial charge in [-0.15, -0.1) is 0 Å². The summed E-state index contributed by atoms with van der Waals surface area (Å²) in [4.78, 5) is 15.8. The van der Waals surface area contributed by atoms with Gasteiger partial charge >= 0.3 is 0 Å². The Hall–Kier alpha value is -2.30. The van der Waals surface area contributed by atoms with E-state index in [1.807, 2.05) is 16.8 Å². The number of aryl methyl sites for hydroxylation is 1. The van der Waals surface area contributed by atoms with Crippen LogP contribution in [0.2, 0.25) is 0 Å². The van der Waals surface area contributed by atoms with Gasteiger partial charge in [0.05, 0.1) is 11.9 Å². The van der Waals surface area contributed by atoms with E-state index in [1.165, 1.54) is 0 Å². The highest BCUT2D eigenvalue weighted by Crippen LogP contribution is 2.09. The molecule has 0 fully saturated rings. The number of nitrogen functional groups attached to an aromatic ring is 1. The molecule has 1 aromatic heterocycles. The monoisotopic (exact) mass is 244 g/mol. The van der Waals surface area contributed by atoms with Crippen molar-refractivity contribution in [2.24, 2.45) is 0 Å². The van der Waals surface area contributed by atoms with Crippen molar-refractivity contribution >= 4 is 11.6 Å². The first kappa shape index (κ1) is 12.2. The van der Waals surface area contributed by atoms with Crippen LogP contribution in [0.5, 0.6) is 0 Å². The second-order valence-electron chi connectivity index (χ2n) is 4.00. The highest BCUT2D eigenvalue weighted by Gasteiger charge is 2.07. The second-order valence-corrected chi connectivity index (χ2v) is 4.00. The largest absolute Gasteiger partial charge is 0.398 e. The van der Waals surface area contributed by atoms with Crippen molar-refractivity contribution in [3.63, 3.8) is 0 Å². The molecule has 0 aliphatic heterocycles. The van der Waals surface area contributed by atoms with Crippen LogP contribution in [0, 0.1) is 0 Å². The number of hydrogen-bond donors (Lipinski definition) is 2. The average Bonchev–Trinajstić information content (AvgIpc) is 2.88. The van der Waals surface area contributed by atoms with Crippen molar-refractivity contribution in [2.45, 2.75) is 13.0 Å². The van der Waals surface area contributed by atoms with Crippen molar-refractivity contribution in [1.29, 1.82) is 0 Å². The maximum absolute atomic E-state index is 11.8. The van der Waals surface area contributed by atoms with E-state index >= 15 is 0 Å². The number of benzene rings is 1. The van der Waals surface area contributed by atoms with Crippen molar-refractivity contribution < 1.29 is 4.79 Å². The van der Waals surface area contributed by atoms with Crippen LogP contribution in [-0.2, 0) is 6.54 Å². The van der Waals surface area contributed by atoms with E-state index in [2.05, 4.69) is 10.3 Å². The Morgan fingerprint density at radius 2 is 2.22 bits per heavy atom. The fourth-order valence-corrected chi connectivity index (χ4v) is 1.68. The zero-order valence-corrected chi connectivity index (χ0v) is 10.0. The number of carbonyl (C=O) groups is 1. The molecule has 0 atom stereocenters. The van der Waals surface area contributed by atoms with E-state index in [9.17, 15) is 4.79 Å². The lowest BCUT2D eigenvalue weighted by molar-refractivity contribution is 0.0953. The SMILES string of the molecule is Nc1ccccc1C(=O)NCCCn1ccnc1. The Kier molecular flexibility index (Phi) is 3.96. The van der Waals surface area contributed by atoms with E-state index in [4.69, 9.17) is 5.73 Å². The molecule has 0 radical (unpaired) electrons. The third-order valence-corrected chi connectivity index (χ3v) is 2.64. The van der Waals surface area contributed by atoms with Crippen LogP contribution in [0.3, 0.4) is 0 Å². The van der Waals surface area contributed by atoms with Gasteiger partial charge in [-0.3, -0.25) is 4.79 Å². The average molecular weight is 244 g/mol. The van der Waals surface area contributed by atoms with Gasteiger partial charge in [-0.05, 0) is 18.6 Å². The van der Waals surface area contributed by atoms with Gasteiger partial charge in [0.2, 0.25) is 0 Å². The molecule has 1 amide bonds. The standard InChI is InChI=1S/C13H16N4O/c14-12-5-2-1-4-11(12)13(18)16-6-3-8-17-9-7-15-10-17/h1-2,4-5,7,9-10H,3,6,8,14H2,(H,16,18). The second kappa shape index (κ2) is 5.86. The van der Waals surface area contributed by atoms with Crippen LogP contribution in [0.4, 0.5) is 5.69 Å². The molecule has 0 unspecified atom stereocenters. The number of imidazole rings is 1. The smallest absolute Gasteiger partial charge is 0.253 e. The van der Waals surface area contributed by atoms with Crippen molar-refractivity contribution in [2.75, 3.05) is 12.3 Å². The lowest BCUT2D eigenvalue weighted by Crippen LogP contribution is -2.25. The summed E-state index contributed by atoms with van der Waals surface area (Å²) >= 11 is 0. The number of rotatable bonds is 5. The molecule has 1 aromatic carbocycles. The number of nitrogens with one attached hydrogen (secondary N) is 1. The molecule has 0 saturated heterocycles. The Labute approximate surface area is 106 Å². The number of nitrogens with two attached hydrogens (primary N) is 1. The first-order valence-corrected chi connectivity index (χ1v) is 5.86. The lowest BCUT2D eigenvalue weighted by Gasteiger charge is -2.07. The fourth-order valence-electron chi connectivity index (χ4n) is 1.68. The van der Waals surface area contributed by atoms with Crippen LogP contribution in [0.25, 0.3) is 0 Å². The summed E-state index contributed by atoms with van der Waals surface area (Å²) < 4.78 is 1.98. The van der Waals surface area contributed by atoms with E-state index in [-0.39, 0.29) is 5.91 Å². The van der Waals surface area contributed by atoms with Gasteiger partial charge in [-0.25, -0.2) is 4.98 Å². The van der Waals surface area contributed by atoms with Crippen LogP contribution >= 0.6 is 0 Å². The van der Waals surface area contributed by atoms with Crippen molar-refractivity contribution in [3.8, 4) is 0 Å². The first-order chi connectivity index (χ1) is 8.77. The fraction of sp³-hybridized carbons (Fsp3) is 0.231. The first-order valence-electron chi connectivity index (χ1n) is 5.86. The molecular weight excluding hydrogens is 228 g/mol.